The van der Waals surface area contributed by atoms with Gasteiger partial charge in [0.2, 0.25) is 5.91 Å². The van der Waals surface area contributed by atoms with Crippen molar-refractivity contribution in [3.8, 4) is 0 Å². The van der Waals surface area contributed by atoms with E-state index >= 15 is 0 Å². The van der Waals surface area contributed by atoms with E-state index in [1.165, 1.54) is 0 Å². The van der Waals surface area contributed by atoms with Crippen LogP contribution in [0.4, 0.5) is 24.0 Å². The highest BCUT2D eigenvalue weighted by Gasteiger charge is 2.20. The number of piperazine rings is 1. The van der Waals surface area contributed by atoms with Gasteiger partial charge in [0.25, 0.3) is 0 Å². The number of halogens is 3. The number of aliphatic imine (C=N–C) groups is 1. The lowest BCUT2D eigenvalue weighted by Gasteiger charge is -2.35. The number of nitrogens with one attached hydrogen (secondary N) is 1. The summed E-state index contributed by atoms with van der Waals surface area (Å²) in [6, 6.07) is 1.67. The lowest BCUT2D eigenvalue weighted by atomic mass is 10.3. The number of carbonyl (C=O) groups is 1. The second-order valence-electron chi connectivity index (χ2n) is 5.73. The Morgan fingerprint density at radius 2 is 1.96 bits per heavy atom. The van der Waals surface area contributed by atoms with Gasteiger partial charge in [-0.25, -0.2) is 23.1 Å². The summed E-state index contributed by atoms with van der Waals surface area (Å²) >= 11 is 1.56. The quantitative estimate of drug-likeness (QED) is 0.465. The highest BCUT2D eigenvalue weighted by molar-refractivity contribution is 7.13. The first-order valence-corrected chi connectivity index (χ1v) is 8.96. The highest BCUT2D eigenvalue weighted by atomic mass is 32.1. The van der Waals surface area contributed by atoms with E-state index in [4.69, 9.17) is 5.73 Å². The van der Waals surface area contributed by atoms with Crippen LogP contribution in [0.5, 0.6) is 0 Å². The highest BCUT2D eigenvalue weighted by Crippen LogP contribution is 2.20. The number of hydrogen-bond acceptors (Lipinski definition) is 5. The zero-order valence-corrected chi connectivity index (χ0v) is 15.0. The predicted molar refractivity (Wildman–Crippen MR) is 97.3 cm³/mol. The number of carbonyl (C=O) groups excluding carboxylic acids is 1. The van der Waals surface area contributed by atoms with E-state index in [-0.39, 0.29) is 12.5 Å². The van der Waals surface area contributed by atoms with Crippen LogP contribution in [0, 0.1) is 17.5 Å². The lowest BCUT2D eigenvalue weighted by Crippen LogP contribution is -2.51. The molecule has 2 aromatic rings. The number of nitrogens with zero attached hydrogens (tertiary/aromatic N) is 4. The van der Waals surface area contributed by atoms with Crippen LogP contribution in [-0.2, 0) is 4.79 Å². The third-order valence-electron chi connectivity index (χ3n) is 3.99. The van der Waals surface area contributed by atoms with Crippen LogP contribution in [0.25, 0.3) is 0 Å². The number of nitrogens with two attached hydrogens (primary N) is 1. The minimum atomic E-state index is -1.64. The van der Waals surface area contributed by atoms with Crippen molar-refractivity contribution in [2.45, 2.75) is 0 Å². The number of thiazole rings is 1. The molecule has 7 nitrogen and oxygen atoms in total. The molecule has 0 aliphatic carbocycles. The van der Waals surface area contributed by atoms with Crippen molar-refractivity contribution >= 4 is 34.0 Å². The summed E-state index contributed by atoms with van der Waals surface area (Å²) in [5.41, 5.74) is 5.45. The van der Waals surface area contributed by atoms with Gasteiger partial charge in [0.05, 0.1) is 5.69 Å². The Balaban J connectivity index is 1.52. The van der Waals surface area contributed by atoms with E-state index in [2.05, 4.69) is 20.2 Å². The molecule has 0 atom stereocenters. The van der Waals surface area contributed by atoms with E-state index in [0.29, 0.717) is 13.1 Å². The van der Waals surface area contributed by atoms with E-state index in [1.807, 2.05) is 10.3 Å². The van der Waals surface area contributed by atoms with Crippen molar-refractivity contribution in [2.24, 2.45) is 10.7 Å². The van der Waals surface area contributed by atoms with Gasteiger partial charge in [-0.3, -0.25) is 4.79 Å². The van der Waals surface area contributed by atoms with Crippen molar-refractivity contribution < 1.29 is 18.0 Å². The molecule has 11 heteroatoms. The fourth-order valence-electron chi connectivity index (χ4n) is 2.56. The Bertz CT molecular complexity index is 837. The summed E-state index contributed by atoms with van der Waals surface area (Å²) < 4.78 is 39.6. The number of rotatable bonds is 4. The number of aromatic nitrogens is 1. The second-order valence-corrected chi connectivity index (χ2v) is 6.61. The van der Waals surface area contributed by atoms with E-state index in [0.717, 1.165) is 30.4 Å². The molecule has 0 unspecified atom stereocenters. The smallest absolute Gasteiger partial charge is 0.246 e. The zero-order valence-electron chi connectivity index (χ0n) is 14.2. The number of amides is 1. The molecule has 0 radical (unpaired) electrons. The Kier molecular flexibility index (Phi) is 5.79. The molecule has 27 heavy (non-hydrogen) atoms. The molecule has 0 spiro atoms. The first kappa shape index (κ1) is 19.0. The van der Waals surface area contributed by atoms with Gasteiger partial charge < -0.3 is 20.9 Å². The zero-order chi connectivity index (χ0) is 19.4. The maximum absolute atomic E-state index is 13.6. The average molecular weight is 398 g/mol. The van der Waals surface area contributed by atoms with Crippen molar-refractivity contribution in [1.29, 1.82) is 0 Å². The van der Waals surface area contributed by atoms with Gasteiger partial charge >= 0.3 is 0 Å². The molecule has 1 aromatic carbocycles. The average Bonchev–Trinajstić information content (AvgIpc) is 3.21. The Morgan fingerprint density at radius 1 is 1.22 bits per heavy atom. The van der Waals surface area contributed by atoms with E-state index in [1.54, 1.807) is 17.5 Å². The van der Waals surface area contributed by atoms with Gasteiger partial charge in [-0.05, 0) is 12.1 Å². The molecule has 1 aliphatic rings. The Labute approximate surface area is 157 Å². The van der Waals surface area contributed by atoms with Gasteiger partial charge in [0.1, 0.15) is 6.54 Å². The molecular weight excluding hydrogens is 381 g/mol. The van der Waals surface area contributed by atoms with Crippen molar-refractivity contribution in [2.75, 3.05) is 42.9 Å². The summed E-state index contributed by atoms with van der Waals surface area (Å²) in [5.74, 6) is -4.93. The first-order chi connectivity index (χ1) is 13.0. The molecule has 144 valence electrons. The molecule has 3 rings (SSSR count). The summed E-state index contributed by atoms with van der Waals surface area (Å²) in [4.78, 5) is 24.1. The van der Waals surface area contributed by atoms with Crippen LogP contribution in [0.3, 0.4) is 0 Å². The first-order valence-electron chi connectivity index (χ1n) is 8.08. The number of guanidine groups is 1. The van der Waals surface area contributed by atoms with Crippen LogP contribution >= 0.6 is 11.3 Å². The van der Waals surface area contributed by atoms with Gasteiger partial charge in [-0.2, -0.15) is 0 Å². The SMILES string of the molecule is NC(=NCC(=O)Nc1ccc(F)c(F)c1F)N1CCN(c2nccs2)CC1. The second kappa shape index (κ2) is 8.25. The summed E-state index contributed by atoms with van der Waals surface area (Å²) in [6.45, 7) is 2.31. The third-order valence-corrected chi connectivity index (χ3v) is 4.82. The van der Waals surface area contributed by atoms with Crippen LogP contribution in [0.15, 0.2) is 28.7 Å². The largest absolute Gasteiger partial charge is 0.370 e. The number of anilines is 2. The standard InChI is InChI=1S/C16H17F3N6OS/c17-10-1-2-11(14(19)13(10)18)23-12(26)9-22-15(20)24-4-6-25(7-5-24)16-21-3-8-27-16/h1-3,8H,4-7,9H2,(H2,20,22)(H,23,26). The molecule has 1 fully saturated rings. The number of hydrogen-bond donors (Lipinski definition) is 2. The summed E-state index contributed by atoms with van der Waals surface area (Å²) in [7, 11) is 0. The maximum atomic E-state index is 13.6. The number of benzene rings is 1. The molecule has 1 amide bonds. The van der Waals surface area contributed by atoms with Gasteiger partial charge in [-0.1, -0.05) is 0 Å². The monoisotopic (exact) mass is 398 g/mol. The van der Waals surface area contributed by atoms with E-state index < -0.39 is 29.0 Å². The molecule has 2 heterocycles. The molecule has 3 N–H and O–H groups in total. The van der Waals surface area contributed by atoms with Crippen LogP contribution in [0.1, 0.15) is 0 Å². The fraction of sp³-hybridized carbons (Fsp3) is 0.312. The molecule has 1 saturated heterocycles. The van der Waals surface area contributed by atoms with Crippen LogP contribution < -0.4 is 16.0 Å². The van der Waals surface area contributed by atoms with Crippen molar-refractivity contribution in [3.63, 3.8) is 0 Å². The van der Waals surface area contributed by atoms with Crippen LogP contribution in [-0.4, -0.2) is 54.5 Å². The summed E-state index contributed by atoms with van der Waals surface area (Å²) in [5, 5.41) is 5.00. The van der Waals surface area contributed by atoms with Gasteiger partial charge in [0.15, 0.2) is 28.5 Å². The van der Waals surface area contributed by atoms with Crippen molar-refractivity contribution in [3.05, 3.63) is 41.2 Å². The molecular formula is C16H17F3N6OS. The lowest BCUT2D eigenvalue weighted by molar-refractivity contribution is -0.114. The Morgan fingerprint density at radius 3 is 2.63 bits per heavy atom. The Hall–Kier alpha value is -2.82. The predicted octanol–water partition coefficient (Wildman–Crippen LogP) is 1.64. The topological polar surface area (TPSA) is 86.8 Å². The minimum absolute atomic E-state index is 0.190. The maximum Gasteiger partial charge on any atom is 0.246 e. The van der Waals surface area contributed by atoms with Gasteiger partial charge in [-0.15, -0.1) is 11.3 Å². The van der Waals surface area contributed by atoms with E-state index in [9.17, 15) is 18.0 Å². The molecule has 0 saturated carbocycles. The third kappa shape index (κ3) is 4.48. The molecule has 1 aliphatic heterocycles. The van der Waals surface area contributed by atoms with Gasteiger partial charge in [0, 0.05) is 37.8 Å². The summed E-state index contributed by atoms with van der Waals surface area (Å²) in [6.07, 6.45) is 1.75. The normalized spacial score (nSPS) is 15.1. The van der Waals surface area contributed by atoms with Crippen LogP contribution in [0.2, 0.25) is 0 Å². The fourth-order valence-corrected chi connectivity index (χ4v) is 3.26. The minimum Gasteiger partial charge on any atom is -0.370 e. The molecule has 1 aromatic heterocycles. The molecule has 0 bridgehead atoms. The van der Waals surface area contributed by atoms with Crippen molar-refractivity contribution in [1.82, 2.24) is 9.88 Å².